The van der Waals surface area contributed by atoms with Crippen molar-refractivity contribution in [1.82, 2.24) is 9.55 Å². The van der Waals surface area contributed by atoms with E-state index in [1.165, 1.54) is 6.20 Å². The maximum Gasteiger partial charge on any atom is 0.330 e. The fraction of sp³-hybridized carbons (Fsp3) is 0.500. The summed E-state index contributed by atoms with van der Waals surface area (Å²) in [4.78, 5) is 27.0. The summed E-state index contributed by atoms with van der Waals surface area (Å²) in [7, 11) is 0. The monoisotopic (exact) mass is 239 g/mol. The van der Waals surface area contributed by atoms with Gasteiger partial charge < -0.3 is 9.84 Å². The Morgan fingerprint density at radius 3 is 3.06 bits per heavy atom. The lowest BCUT2D eigenvalue weighted by molar-refractivity contribution is 0.0406. The number of hydrogen-bond acceptors (Lipinski definition) is 5. The average Bonchev–Trinajstić information content (AvgIpc) is 2.62. The predicted octanol–water partition coefficient (Wildman–Crippen LogP) is -0.895. The Labute approximate surface area is 93.9 Å². The summed E-state index contributed by atoms with van der Waals surface area (Å²) in [6, 6.07) is 0.242. The van der Waals surface area contributed by atoms with Crippen LogP contribution >= 0.6 is 0 Å². The minimum absolute atomic E-state index is 0.0417. The molecule has 0 unspecified atom stereocenters. The van der Waals surface area contributed by atoms with Crippen LogP contribution in [-0.4, -0.2) is 33.4 Å². The van der Waals surface area contributed by atoms with E-state index in [0.29, 0.717) is 0 Å². The Morgan fingerprint density at radius 2 is 2.41 bits per heavy atom. The van der Waals surface area contributed by atoms with Crippen LogP contribution in [0.3, 0.4) is 0 Å². The molecule has 0 amide bonds. The van der Waals surface area contributed by atoms with Gasteiger partial charge in [-0.25, -0.2) is 4.79 Å². The van der Waals surface area contributed by atoms with Crippen LogP contribution in [0.2, 0.25) is 0 Å². The lowest BCUT2D eigenvalue weighted by atomic mass is 10.2. The van der Waals surface area contributed by atoms with Gasteiger partial charge in [-0.3, -0.25) is 14.3 Å². The summed E-state index contributed by atoms with van der Waals surface area (Å²) in [6.07, 6.45) is -0.663. The summed E-state index contributed by atoms with van der Waals surface area (Å²) >= 11 is 0. The van der Waals surface area contributed by atoms with Crippen LogP contribution in [0, 0.1) is 0 Å². The molecule has 90 valence electrons. The smallest absolute Gasteiger partial charge is 0.330 e. The first-order chi connectivity index (χ1) is 8.13. The van der Waals surface area contributed by atoms with Gasteiger partial charge in [0.25, 0.3) is 5.56 Å². The van der Waals surface area contributed by atoms with Crippen LogP contribution in [0.25, 0.3) is 10.4 Å². The molecule has 1 aliphatic heterocycles. The van der Waals surface area contributed by atoms with Crippen LogP contribution < -0.4 is 11.2 Å². The second-order valence-corrected chi connectivity index (χ2v) is 3.50. The van der Waals surface area contributed by atoms with Gasteiger partial charge in [0, 0.05) is 17.2 Å². The van der Waals surface area contributed by atoms with E-state index in [-0.39, 0.29) is 6.61 Å². The first-order valence-corrected chi connectivity index (χ1v) is 4.79. The van der Waals surface area contributed by atoms with Gasteiger partial charge in [-0.1, -0.05) is 5.11 Å². The summed E-state index contributed by atoms with van der Waals surface area (Å²) in [6.45, 7) is -0.0417. The average molecular weight is 239 g/mol. The quantitative estimate of drug-likeness (QED) is 0.393. The largest absolute Gasteiger partial charge is 0.390 e. The van der Waals surface area contributed by atoms with E-state index in [1.807, 2.05) is 4.98 Å². The van der Waals surface area contributed by atoms with Crippen molar-refractivity contribution < 1.29 is 9.84 Å². The van der Waals surface area contributed by atoms with E-state index in [2.05, 4.69) is 10.0 Å². The Hall–Kier alpha value is -2.09. The second kappa shape index (κ2) is 4.42. The summed E-state index contributed by atoms with van der Waals surface area (Å²) < 4.78 is 6.23. The molecule has 1 aromatic rings. The van der Waals surface area contributed by atoms with Crippen LogP contribution in [0.5, 0.6) is 0 Å². The first-order valence-electron chi connectivity index (χ1n) is 4.79. The highest BCUT2D eigenvalue weighted by Crippen LogP contribution is 2.25. The van der Waals surface area contributed by atoms with Crippen molar-refractivity contribution in [3.8, 4) is 0 Å². The van der Waals surface area contributed by atoms with Gasteiger partial charge in [0.2, 0.25) is 0 Å². The zero-order chi connectivity index (χ0) is 12.4. The number of aliphatic hydroxyl groups excluding tert-OH is 1. The fourth-order valence-electron chi connectivity index (χ4n) is 1.65. The van der Waals surface area contributed by atoms with E-state index in [9.17, 15) is 14.7 Å². The van der Waals surface area contributed by atoms with Gasteiger partial charge in [0.05, 0.1) is 12.7 Å². The molecule has 9 heteroatoms. The molecule has 0 saturated carbocycles. The molecule has 1 aliphatic rings. The third-order valence-corrected chi connectivity index (χ3v) is 2.43. The number of hydrogen-bond donors (Lipinski definition) is 2. The molecule has 2 heterocycles. The molecule has 1 aromatic heterocycles. The standard InChI is InChI=1S/C8H9N5O4/c9-12-11-6-4(14)3-17-7(6)13-2-1-5(15)10-8(13)16/h1-2,4,6-7,14H,3H2,(H,10,15,16)/t4-,6-,7-/m1/s1. The maximum absolute atomic E-state index is 11.5. The van der Waals surface area contributed by atoms with Crippen LogP contribution in [0.1, 0.15) is 6.23 Å². The number of aliphatic hydroxyl groups is 1. The Morgan fingerprint density at radius 1 is 1.65 bits per heavy atom. The Bertz CT molecular complexity index is 572. The SMILES string of the molecule is [N-]=[N+]=N[C@@H]1[C@H](O)CO[C@H]1n1ccc(=O)[nH]c1=O. The number of nitrogens with one attached hydrogen (secondary N) is 1. The minimum Gasteiger partial charge on any atom is -0.390 e. The van der Waals surface area contributed by atoms with Crippen LogP contribution in [-0.2, 0) is 4.74 Å². The third kappa shape index (κ3) is 2.07. The van der Waals surface area contributed by atoms with Crippen LogP contribution in [0.15, 0.2) is 27.0 Å². The zero-order valence-corrected chi connectivity index (χ0v) is 8.55. The topological polar surface area (TPSA) is 133 Å². The van der Waals surface area contributed by atoms with E-state index in [0.717, 1.165) is 10.6 Å². The third-order valence-electron chi connectivity index (χ3n) is 2.43. The number of aromatic amines is 1. The molecular weight excluding hydrogens is 230 g/mol. The van der Waals surface area contributed by atoms with Crippen molar-refractivity contribution in [2.45, 2.75) is 18.4 Å². The van der Waals surface area contributed by atoms with Crippen molar-refractivity contribution in [3.63, 3.8) is 0 Å². The maximum atomic E-state index is 11.5. The first kappa shape index (κ1) is 11.4. The molecule has 0 spiro atoms. The molecule has 2 rings (SSSR count). The van der Waals surface area contributed by atoms with Gasteiger partial charge in [0.1, 0.15) is 12.3 Å². The lowest BCUT2D eigenvalue weighted by Crippen LogP contribution is -2.36. The Kier molecular flexibility index (Phi) is 2.96. The molecule has 1 saturated heterocycles. The summed E-state index contributed by atoms with van der Waals surface area (Å²) in [5, 5.41) is 12.9. The van der Waals surface area contributed by atoms with E-state index in [1.54, 1.807) is 0 Å². The highest BCUT2D eigenvalue weighted by molar-refractivity contribution is 4.92. The van der Waals surface area contributed by atoms with Gasteiger partial charge in [0.15, 0.2) is 0 Å². The number of azide groups is 1. The second-order valence-electron chi connectivity index (χ2n) is 3.50. The van der Waals surface area contributed by atoms with Crippen molar-refractivity contribution in [3.05, 3.63) is 43.5 Å². The predicted molar refractivity (Wildman–Crippen MR) is 55.3 cm³/mol. The number of ether oxygens (including phenoxy) is 1. The summed E-state index contributed by atoms with van der Waals surface area (Å²) in [5.41, 5.74) is 7.15. The van der Waals surface area contributed by atoms with Crippen molar-refractivity contribution >= 4 is 0 Å². The molecule has 9 nitrogen and oxygen atoms in total. The van der Waals surface area contributed by atoms with Crippen molar-refractivity contribution in [2.75, 3.05) is 6.61 Å². The molecule has 17 heavy (non-hydrogen) atoms. The van der Waals surface area contributed by atoms with Crippen molar-refractivity contribution in [2.24, 2.45) is 5.11 Å². The highest BCUT2D eigenvalue weighted by atomic mass is 16.5. The van der Waals surface area contributed by atoms with Gasteiger partial charge in [-0.05, 0) is 5.53 Å². The molecule has 0 bridgehead atoms. The lowest BCUT2D eigenvalue weighted by Gasteiger charge is -2.17. The number of H-pyrrole nitrogens is 1. The van der Waals surface area contributed by atoms with Crippen LogP contribution in [0.4, 0.5) is 0 Å². The van der Waals surface area contributed by atoms with E-state index in [4.69, 9.17) is 10.3 Å². The number of aromatic nitrogens is 2. The molecule has 0 aromatic carbocycles. The highest BCUT2D eigenvalue weighted by Gasteiger charge is 2.37. The Balaban J connectivity index is 2.42. The van der Waals surface area contributed by atoms with Crippen molar-refractivity contribution in [1.29, 1.82) is 0 Å². The summed E-state index contributed by atoms with van der Waals surface area (Å²) in [5.74, 6) is 0. The molecule has 1 fully saturated rings. The normalized spacial score (nSPS) is 27.7. The van der Waals surface area contributed by atoms with E-state index < -0.39 is 29.6 Å². The van der Waals surface area contributed by atoms with Gasteiger partial charge >= 0.3 is 5.69 Å². The zero-order valence-electron chi connectivity index (χ0n) is 8.55. The van der Waals surface area contributed by atoms with Gasteiger partial charge in [-0.15, -0.1) is 0 Å². The molecule has 3 atom stereocenters. The molecule has 2 N–H and O–H groups in total. The number of rotatable bonds is 2. The molecule has 0 radical (unpaired) electrons. The molecule has 0 aliphatic carbocycles. The fourth-order valence-corrected chi connectivity index (χ4v) is 1.65. The van der Waals surface area contributed by atoms with E-state index >= 15 is 0 Å². The van der Waals surface area contributed by atoms with Gasteiger partial charge in [-0.2, -0.15) is 0 Å². The number of nitrogens with zero attached hydrogens (tertiary/aromatic N) is 4. The molecular formula is C8H9N5O4. The minimum atomic E-state index is -0.977.